The number of hydrogen-bond donors (Lipinski definition) is 0. The maximum Gasteiger partial charge on any atom is 0.289 e. The summed E-state index contributed by atoms with van der Waals surface area (Å²) < 4.78 is 8.06. The summed E-state index contributed by atoms with van der Waals surface area (Å²) in [6.45, 7) is 1.95. The molecule has 4 heterocycles. The Labute approximate surface area is 202 Å². The highest BCUT2D eigenvalue weighted by Gasteiger charge is 2.38. The molecule has 0 N–H and O–H groups in total. The number of aromatic nitrogens is 1. The van der Waals surface area contributed by atoms with Gasteiger partial charge in [-0.2, -0.15) is 11.8 Å². The number of pyridine rings is 1. The van der Waals surface area contributed by atoms with Crippen LogP contribution in [0.2, 0.25) is 0 Å². The number of furan rings is 1. The molecule has 0 saturated carbocycles. The van der Waals surface area contributed by atoms with Gasteiger partial charge in [0, 0.05) is 59.8 Å². The van der Waals surface area contributed by atoms with Crippen molar-refractivity contribution in [2.75, 3.05) is 13.1 Å². The second-order valence-corrected chi connectivity index (χ2v) is 10.3. The van der Waals surface area contributed by atoms with Crippen LogP contribution >= 0.6 is 11.8 Å². The second-order valence-electron chi connectivity index (χ2n) is 9.29. The number of nitrogens with zero attached hydrogens (tertiary/aromatic N) is 2. The molecule has 1 amide bonds. The van der Waals surface area contributed by atoms with Crippen molar-refractivity contribution in [3.8, 4) is 0 Å². The van der Waals surface area contributed by atoms with E-state index in [-0.39, 0.29) is 23.3 Å². The Morgan fingerprint density at radius 2 is 1.74 bits per heavy atom. The maximum atomic E-state index is 13.8. The second kappa shape index (κ2) is 8.84. The van der Waals surface area contributed by atoms with Crippen molar-refractivity contribution >= 4 is 28.6 Å². The highest BCUT2D eigenvalue weighted by molar-refractivity contribution is 7.97. The molecule has 2 aliphatic rings. The summed E-state index contributed by atoms with van der Waals surface area (Å²) in [6.07, 6.45) is 1.02. The van der Waals surface area contributed by atoms with Crippen LogP contribution in [-0.2, 0) is 18.1 Å². The molecule has 1 fully saturated rings. The van der Waals surface area contributed by atoms with Gasteiger partial charge in [-0.15, -0.1) is 0 Å². The summed E-state index contributed by atoms with van der Waals surface area (Å²) >= 11 is 1.80. The summed E-state index contributed by atoms with van der Waals surface area (Å²) in [4.78, 5) is 28.1. The average molecular weight is 471 g/mol. The van der Waals surface area contributed by atoms with E-state index in [0.29, 0.717) is 31.1 Å². The van der Waals surface area contributed by atoms with Crippen LogP contribution in [0.25, 0.3) is 11.0 Å². The SMILES string of the molecule is O=C(c1oc2ccccc2c1CSCc1ccccc1)N1CC2CC(C1)c1cccc(=O)n1C2. The Hall–Kier alpha value is -3.25. The van der Waals surface area contributed by atoms with Gasteiger partial charge in [0.1, 0.15) is 5.58 Å². The highest BCUT2D eigenvalue weighted by Crippen LogP contribution is 2.37. The first-order valence-electron chi connectivity index (χ1n) is 11.8. The number of para-hydroxylation sites is 1. The third kappa shape index (κ3) is 3.86. The quantitative estimate of drug-likeness (QED) is 0.398. The van der Waals surface area contributed by atoms with Crippen molar-refractivity contribution in [3.63, 3.8) is 0 Å². The molecule has 172 valence electrons. The summed E-state index contributed by atoms with van der Waals surface area (Å²) in [5.74, 6) is 2.50. The molecule has 0 aliphatic carbocycles. The lowest BCUT2D eigenvalue weighted by molar-refractivity contribution is 0.0565. The van der Waals surface area contributed by atoms with Crippen LogP contribution in [0.3, 0.4) is 0 Å². The van der Waals surface area contributed by atoms with Gasteiger partial charge in [-0.25, -0.2) is 0 Å². The minimum atomic E-state index is -0.0343. The molecule has 0 radical (unpaired) electrons. The summed E-state index contributed by atoms with van der Waals surface area (Å²) in [7, 11) is 0. The van der Waals surface area contributed by atoms with Crippen molar-refractivity contribution in [2.45, 2.75) is 30.4 Å². The number of benzene rings is 2. The molecule has 4 aromatic rings. The Balaban J connectivity index is 1.27. The Morgan fingerprint density at radius 1 is 0.912 bits per heavy atom. The van der Waals surface area contributed by atoms with Crippen LogP contribution < -0.4 is 5.56 Å². The van der Waals surface area contributed by atoms with E-state index in [9.17, 15) is 9.59 Å². The topological polar surface area (TPSA) is 55.5 Å². The van der Waals surface area contributed by atoms with Crippen LogP contribution in [-0.4, -0.2) is 28.5 Å². The largest absolute Gasteiger partial charge is 0.451 e. The van der Waals surface area contributed by atoms with Crippen molar-refractivity contribution in [3.05, 3.63) is 106 Å². The van der Waals surface area contributed by atoms with Crippen molar-refractivity contribution < 1.29 is 9.21 Å². The van der Waals surface area contributed by atoms with E-state index in [1.54, 1.807) is 17.8 Å². The molecule has 34 heavy (non-hydrogen) atoms. The third-order valence-electron chi connectivity index (χ3n) is 7.02. The first kappa shape index (κ1) is 21.3. The zero-order valence-electron chi connectivity index (χ0n) is 18.9. The standard InChI is InChI=1S/C28H26N2O3S/c31-26-12-6-10-24-21-13-20(15-30(24)26)14-29(16-21)28(32)27-23(22-9-4-5-11-25(22)33-27)18-34-17-19-7-2-1-3-8-19/h1-12,20-21H,13-18H2. The zero-order valence-corrected chi connectivity index (χ0v) is 19.7. The Morgan fingerprint density at radius 3 is 2.62 bits per heavy atom. The van der Waals surface area contributed by atoms with Gasteiger partial charge in [0.25, 0.3) is 11.5 Å². The molecule has 0 spiro atoms. The van der Waals surface area contributed by atoms with Crippen LogP contribution in [0.15, 0.2) is 82.0 Å². The van der Waals surface area contributed by atoms with Gasteiger partial charge in [-0.3, -0.25) is 9.59 Å². The van der Waals surface area contributed by atoms with Crippen molar-refractivity contribution in [1.82, 2.24) is 9.47 Å². The summed E-state index contributed by atoms with van der Waals surface area (Å²) in [6, 6.07) is 23.8. The van der Waals surface area contributed by atoms with Crippen LogP contribution in [0, 0.1) is 5.92 Å². The third-order valence-corrected chi connectivity index (χ3v) is 8.05. The molecule has 2 bridgehead atoms. The lowest BCUT2D eigenvalue weighted by Gasteiger charge is -2.42. The van der Waals surface area contributed by atoms with E-state index in [4.69, 9.17) is 4.42 Å². The van der Waals surface area contributed by atoms with Gasteiger partial charge >= 0.3 is 0 Å². The molecule has 6 heteroatoms. The van der Waals surface area contributed by atoms with Gasteiger partial charge in [-0.1, -0.05) is 54.6 Å². The monoisotopic (exact) mass is 470 g/mol. The molecule has 5 nitrogen and oxygen atoms in total. The van der Waals surface area contributed by atoms with E-state index < -0.39 is 0 Å². The normalized spacial score (nSPS) is 19.2. The van der Waals surface area contributed by atoms with Gasteiger partial charge in [0.15, 0.2) is 5.76 Å². The predicted octanol–water partition coefficient (Wildman–Crippen LogP) is 5.29. The fourth-order valence-corrected chi connectivity index (χ4v) is 6.49. The van der Waals surface area contributed by atoms with Crippen LogP contribution in [0.5, 0.6) is 0 Å². The number of thioether (sulfide) groups is 1. The fraction of sp³-hybridized carbons (Fsp3) is 0.286. The molecule has 2 aliphatic heterocycles. The van der Waals surface area contributed by atoms with Crippen molar-refractivity contribution in [1.29, 1.82) is 0 Å². The number of fused-ring (bicyclic) bond motifs is 5. The molecule has 6 rings (SSSR count). The molecular weight excluding hydrogens is 444 g/mol. The van der Waals surface area contributed by atoms with Crippen LogP contribution in [0.4, 0.5) is 0 Å². The minimum Gasteiger partial charge on any atom is -0.451 e. The maximum absolute atomic E-state index is 13.8. The van der Waals surface area contributed by atoms with Gasteiger partial charge in [-0.05, 0) is 30.0 Å². The van der Waals surface area contributed by atoms with Gasteiger partial charge in [0.2, 0.25) is 0 Å². The molecule has 1 saturated heterocycles. The first-order chi connectivity index (χ1) is 16.7. The van der Waals surface area contributed by atoms with E-state index >= 15 is 0 Å². The Bertz CT molecular complexity index is 1410. The highest BCUT2D eigenvalue weighted by atomic mass is 32.2. The number of piperidine rings is 1. The van der Waals surface area contributed by atoms with E-state index in [0.717, 1.165) is 34.4 Å². The molecular formula is C28H26N2O3S. The van der Waals surface area contributed by atoms with E-state index in [2.05, 4.69) is 24.3 Å². The molecule has 2 aromatic carbocycles. The van der Waals surface area contributed by atoms with Crippen molar-refractivity contribution in [2.24, 2.45) is 5.92 Å². The Kier molecular flexibility index (Phi) is 5.53. The number of likely N-dealkylation sites (tertiary alicyclic amines) is 1. The number of amides is 1. The fourth-order valence-electron chi connectivity index (χ4n) is 5.47. The number of hydrogen-bond acceptors (Lipinski definition) is 4. The number of carbonyl (C=O) groups is 1. The number of rotatable bonds is 5. The zero-order chi connectivity index (χ0) is 23.1. The van der Waals surface area contributed by atoms with E-state index in [1.165, 1.54) is 5.56 Å². The minimum absolute atomic E-state index is 0.0343. The molecule has 2 atom stereocenters. The molecule has 2 unspecified atom stereocenters. The summed E-state index contributed by atoms with van der Waals surface area (Å²) in [5, 5.41) is 1.01. The average Bonchev–Trinajstić information content (AvgIpc) is 3.23. The smallest absolute Gasteiger partial charge is 0.289 e. The lowest BCUT2D eigenvalue weighted by Crippen LogP contribution is -2.49. The molecule has 2 aromatic heterocycles. The van der Waals surface area contributed by atoms with Gasteiger partial charge < -0.3 is 13.9 Å². The van der Waals surface area contributed by atoms with Crippen LogP contribution in [0.1, 0.15) is 39.7 Å². The van der Waals surface area contributed by atoms with E-state index in [1.807, 2.05) is 51.9 Å². The summed E-state index contributed by atoms with van der Waals surface area (Å²) in [5.41, 5.74) is 4.11. The van der Waals surface area contributed by atoms with Gasteiger partial charge in [0.05, 0.1) is 0 Å². The number of carbonyl (C=O) groups excluding carboxylic acids is 1. The predicted molar refractivity (Wildman–Crippen MR) is 135 cm³/mol. The lowest BCUT2D eigenvalue weighted by atomic mass is 9.83. The first-order valence-corrected chi connectivity index (χ1v) is 12.9.